The van der Waals surface area contributed by atoms with Gasteiger partial charge >= 0.3 is 0 Å². The van der Waals surface area contributed by atoms with Gasteiger partial charge in [0.15, 0.2) is 0 Å². The van der Waals surface area contributed by atoms with E-state index in [1.165, 1.54) is 38.6 Å². The molecule has 7 rings (SSSR count). The third kappa shape index (κ3) is 3.70. The van der Waals surface area contributed by atoms with Crippen LogP contribution in [0.3, 0.4) is 0 Å². The van der Waals surface area contributed by atoms with Gasteiger partial charge in [0.2, 0.25) is 0 Å². The zero-order chi connectivity index (χ0) is 27.2. The number of hydrogen-bond acceptors (Lipinski definition) is 3. The minimum absolute atomic E-state index is 0.162. The van der Waals surface area contributed by atoms with Gasteiger partial charge in [-0.3, -0.25) is 0 Å². The molecule has 1 aliphatic carbocycles. The molecule has 0 aromatic heterocycles. The van der Waals surface area contributed by atoms with Gasteiger partial charge in [-0.25, -0.2) is 0 Å². The first-order chi connectivity index (χ1) is 19.7. The molecular weight excluding hydrogens is 486 g/mol. The molecule has 0 radical (unpaired) electrons. The van der Waals surface area contributed by atoms with Gasteiger partial charge < -0.3 is 10.6 Å². The molecule has 1 aliphatic rings. The smallest absolute Gasteiger partial charge is 0.101 e. The molecule has 0 saturated carbocycles. The van der Waals surface area contributed by atoms with Crippen LogP contribution >= 0.6 is 0 Å². The Hall–Kier alpha value is -5.17. The summed E-state index contributed by atoms with van der Waals surface area (Å²) < 4.78 is 0. The lowest BCUT2D eigenvalue weighted by Crippen LogP contribution is -2.16. The van der Waals surface area contributed by atoms with Gasteiger partial charge in [-0.15, -0.1) is 0 Å². The van der Waals surface area contributed by atoms with Gasteiger partial charge in [0.25, 0.3) is 0 Å². The van der Waals surface area contributed by atoms with Crippen molar-refractivity contribution in [1.29, 1.82) is 5.26 Å². The van der Waals surface area contributed by atoms with E-state index >= 15 is 0 Å². The van der Waals surface area contributed by atoms with E-state index in [0.717, 1.165) is 28.2 Å². The highest BCUT2D eigenvalue weighted by Crippen LogP contribution is 2.49. The molecule has 0 heterocycles. The van der Waals surface area contributed by atoms with Crippen molar-refractivity contribution >= 4 is 27.8 Å². The molecule has 40 heavy (non-hydrogen) atoms. The third-order valence-electron chi connectivity index (χ3n) is 7.92. The Labute approximate surface area is 234 Å². The highest BCUT2D eigenvalue weighted by molar-refractivity contribution is 6.18. The molecule has 3 heteroatoms. The summed E-state index contributed by atoms with van der Waals surface area (Å²) in [6, 6.07) is 46.5. The number of anilines is 3. The minimum atomic E-state index is -0.162. The predicted octanol–water partition coefficient (Wildman–Crippen LogP) is 9.52. The highest BCUT2D eigenvalue weighted by atomic mass is 15.1. The number of fused-ring (bicyclic) bond motifs is 3. The van der Waals surface area contributed by atoms with Crippen LogP contribution in [0.15, 0.2) is 127 Å². The van der Waals surface area contributed by atoms with Crippen molar-refractivity contribution in [1.82, 2.24) is 0 Å². The molecule has 2 N–H and O–H groups in total. The maximum Gasteiger partial charge on any atom is 0.101 e. The number of para-hydroxylation sites is 2. The molecule has 0 spiro atoms. The molecule has 190 valence electrons. The quantitative estimate of drug-likeness (QED) is 0.249. The molecule has 0 amide bonds. The number of hydrogen-bond donors (Lipinski definition) is 1. The standard InChI is InChI=1S/C37H27N3/c1-24(39)28-10-5-7-16-36(28)40(35-15-6-2-9-26(35)23-38)27-19-17-25(18-20-27)29-21-22-34-31-12-4-3-11-30(31)33-14-8-13-32(29)37(33)34/h2-22,24H,39H2,1H3. The monoisotopic (exact) mass is 513 g/mol. The Balaban J connectivity index is 1.37. The van der Waals surface area contributed by atoms with Crippen LogP contribution < -0.4 is 10.6 Å². The Morgan fingerprint density at radius 1 is 0.600 bits per heavy atom. The lowest BCUT2D eigenvalue weighted by Gasteiger charge is -2.29. The Kier molecular flexibility index (Phi) is 5.70. The van der Waals surface area contributed by atoms with E-state index in [1.807, 2.05) is 43.3 Å². The summed E-state index contributed by atoms with van der Waals surface area (Å²) in [6.07, 6.45) is 0. The number of rotatable bonds is 5. The highest BCUT2D eigenvalue weighted by Gasteiger charge is 2.23. The summed E-state index contributed by atoms with van der Waals surface area (Å²) in [7, 11) is 0. The van der Waals surface area contributed by atoms with Crippen molar-refractivity contribution in [2.75, 3.05) is 4.90 Å². The SMILES string of the molecule is CC(N)c1ccccc1N(c1ccc(-c2ccc3c4c(cccc24)-c2ccccc2-3)cc1)c1ccccc1C#N. The van der Waals surface area contributed by atoms with E-state index in [1.54, 1.807) is 0 Å². The van der Waals surface area contributed by atoms with Crippen molar-refractivity contribution in [2.45, 2.75) is 13.0 Å². The van der Waals surface area contributed by atoms with Crippen molar-refractivity contribution in [3.8, 4) is 39.4 Å². The zero-order valence-corrected chi connectivity index (χ0v) is 22.2. The Morgan fingerprint density at radius 2 is 1.20 bits per heavy atom. The molecule has 0 saturated heterocycles. The molecule has 6 aromatic carbocycles. The summed E-state index contributed by atoms with van der Waals surface area (Å²) in [4.78, 5) is 2.14. The third-order valence-corrected chi connectivity index (χ3v) is 7.92. The summed E-state index contributed by atoms with van der Waals surface area (Å²) in [5.74, 6) is 0. The van der Waals surface area contributed by atoms with Crippen LogP contribution in [0.1, 0.15) is 24.1 Å². The van der Waals surface area contributed by atoms with Gasteiger partial charge in [0, 0.05) is 11.7 Å². The number of nitrogens with two attached hydrogens (primary N) is 1. The van der Waals surface area contributed by atoms with E-state index < -0.39 is 0 Å². The van der Waals surface area contributed by atoms with Gasteiger partial charge in [0.1, 0.15) is 6.07 Å². The fourth-order valence-corrected chi connectivity index (χ4v) is 6.10. The van der Waals surface area contributed by atoms with Gasteiger partial charge in [-0.2, -0.15) is 5.26 Å². The Bertz CT molecular complexity index is 1920. The first-order valence-corrected chi connectivity index (χ1v) is 13.6. The second kappa shape index (κ2) is 9.54. The minimum Gasteiger partial charge on any atom is -0.324 e. The number of benzene rings is 6. The molecule has 0 aliphatic heterocycles. The predicted molar refractivity (Wildman–Crippen MR) is 166 cm³/mol. The van der Waals surface area contributed by atoms with E-state index in [-0.39, 0.29) is 6.04 Å². The van der Waals surface area contributed by atoms with Crippen LogP contribution in [0.25, 0.3) is 44.2 Å². The van der Waals surface area contributed by atoms with Gasteiger partial charge in [-0.05, 0) is 87.0 Å². The van der Waals surface area contributed by atoms with Crippen molar-refractivity contribution < 1.29 is 0 Å². The van der Waals surface area contributed by atoms with Crippen LogP contribution in [0, 0.1) is 11.3 Å². The summed E-state index contributed by atoms with van der Waals surface area (Å²) in [5, 5.41) is 12.5. The lowest BCUT2D eigenvalue weighted by atomic mass is 9.94. The van der Waals surface area contributed by atoms with Gasteiger partial charge in [0.05, 0.1) is 16.9 Å². The average Bonchev–Trinajstić information content (AvgIpc) is 3.33. The molecular formula is C37H27N3. The first kappa shape index (κ1) is 23.9. The summed E-state index contributed by atoms with van der Waals surface area (Å²) in [5.41, 5.74) is 18.4. The fourth-order valence-electron chi connectivity index (χ4n) is 6.10. The normalized spacial score (nSPS) is 12.1. The number of nitrogens with zero attached hydrogens (tertiary/aromatic N) is 2. The van der Waals surface area contributed by atoms with Crippen molar-refractivity contribution in [3.05, 3.63) is 139 Å². The molecule has 0 bridgehead atoms. The van der Waals surface area contributed by atoms with E-state index in [9.17, 15) is 5.26 Å². The lowest BCUT2D eigenvalue weighted by molar-refractivity contribution is 0.817. The second-order valence-electron chi connectivity index (χ2n) is 10.3. The van der Waals surface area contributed by atoms with Crippen LogP contribution in [-0.2, 0) is 0 Å². The number of nitriles is 1. The van der Waals surface area contributed by atoms with E-state index in [2.05, 4.69) is 102 Å². The molecule has 3 nitrogen and oxygen atoms in total. The van der Waals surface area contributed by atoms with Gasteiger partial charge in [-0.1, -0.05) is 97.1 Å². The maximum atomic E-state index is 9.95. The molecule has 0 fully saturated rings. The topological polar surface area (TPSA) is 53.0 Å². The van der Waals surface area contributed by atoms with Crippen LogP contribution in [0.5, 0.6) is 0 Å². The van der Waals surface area contributed by atoms with Crippen molar-refractivity contribution in [3.63, 3.8) is 0 Å². The molecule has 6 aromatic rings. The molecule has 1 unspecified atom stereocenters. The fraction of sp³-hybridized carbons (Fsp3) is 0.0541. The van der Waals surface area contributed by atoms with Crippen LogP contribution in [-0.4, -0.2) is 0 Å². The first-order valence-electron chi connectivity index (χ1n) is 13.6. The summed E-state index contributed by atoms with van der Waals surface area (Å²) >= 11 is 0. The van der Waals surface area contributed by atoms with Crippen molar-refractivity contribution in [2.24, 2.45) is 5.73 Å². The second-order valence-corrected chi connectivity index (χ2v) is 10.3. The average molecular weight is 514 g/mol. The largest absolute Gasteiger partial charge is 0.324 e. The van der Waals surface area contributed by atoms with E-state index in [0.29, 0.717) is 5.56 Å². The molecule has 1 atom stereocenters. The zero-order valence-electron chi connectivity index (χ0n) is 22.2. The Morgan fingerprint density at radius 3 is 1.93 bits per heavy atom. The maximum absolute atomic E-state index is 9.95. The van der Waals surface area contributed by atoms with Crippen LogP contribution in [0.4, 0.5) is 17.1 Å². The summed E-state index contributed by atoms with van der Waals surface area (Å²) in [6.45, 7) is 1.99. The van der Waals surface area contributed by atoms with Crippen LogP contribution in [0.2, 0.25) is 0 Å². The van der Waals surface area contributed by atoms with E-state index in [4.69, 9.17) is 5.73 Å².